The first-order valence-electron chi connectivity index (χ1n) is 9.29. The molecule has 2 amide bonds. The van der Waals surface area contributed by atoms with Gasteiger partial charge in [0.25, 0.3) is 0 Å². The number of ether oxygens (including phenoxy) is 1. The van der Waals surface area contributed by atoms with E-state index in [0.29, 0.717) is 19.5 Å². The molecule has 2 saturated heterocycles. The molecule has 136 valence electrons. The predicted octanol–water partition coefficient (Wildman–Crippen LogP) is 1.98. The van der Waals surface area contributed by atoms with Crippen LogP contribution in [0.3, 0.4) is 0 Å². The molecule has 0 bridgehead atoms. The largest absolute Gasteiger partial charge is 0.446 e. The first kappa shape index (κ1) is 16.4. The van der Waals surface area contributed by atoms with Crippen molar-refractivity contribution in [2.24, 2.45) is 7.05 Å². The van der Waals surface area contributed by atoms with E-state index in [4.69, 9.17) is 4.74 Å². The summed E-state index contributed by atoms with van der Waals surface area (Å²) < 4.78 is 7.49. The van der Waals surface area contributed by atoms with Crippen molar-refractivity contribution < 1.29 is 14.3 Å². The SMILES string of the molecule is Cc1cc(CN2C(=O)C[C@H]3[C@@H]2CCN3C(=O)OC2CCCC2)n(C)n1. The number of carbonyl (C=O) groups excluding carboxylic acids is 2. The Balaban J connectivity index is 1.43. The number of aryl methyl sites for hydroxylation is 2. The minimum absolute atomic E-state index is 0.0456. The highest BCUT2D eigenvalue weighted by Gasteiger charge is 2.49. The molecule has 0 unspecified atom stereocenters. The fraction of sp³-hybridized carbons (Fsp3) is 0.722. The van der Waals surface area contributed by atoms with E-state index in [0.717, 1.165) is 43.5 Å². The van der Waals surface area contributed by atoms with Gasteiger partial charge in [0.15, 0.2) is 0 Å². The maximum atomic E-state index is 12.5. The number of carbonyl (C=O) groups is 2. The van der Waals surface area contributed by atoms with E-state index >= 15 is 0 Å². The summed E-state index contributed by atoms with van der Waals surface area (Å²) in [6.07, 6.45) is 5.29. The van der Waals surface area contributed by atoms with Crippen LogP contribution in [0.15, 0.2) is 6.07 Å². The van der Waals surface area contributed by atoms with Crippen LogP contribution >= 0.6 is 0 Å². The van der Waals surface area contributed by atoms with Crippen LogP contribution in [0.25, 0.3) is 0 Å². The van der Waals surface area contributed by atoms with Gasteiger partial charge in [0, 0.05) is 20.0 Å². The van der Waals surface area contributed by atoms with E-state index in [9.17, 15) is 9.59 Å². The molecule has 7 heteroatoms. The number of rotatable bonds is 3. The van der Waals surface area contributed by atoms with Crippen LogP contribution in [0.5, 0.6) is 0 Å². The Morgan fingerprint density at radius 2 is 2.04 bits per heavy atom. The molecule has 3 fully saturated rings. The number of amides is 2. The molecule has 1 saturated carbocycles. The highest BCUT2D eigenvalue weighted by atomic mass is 16.6. The fourth-order valence-electron chi connectivity index (χ4n) is 4.56. The Kier molecular flexibility index (Phi) is 4.17. The lowest BCUT2D eigenvalue weighted by atomic mass is 10.1. The Hall–Kier alpha value is -2.05. The number of hydrogen-bond donors (Lipinski definition) is 0. The van der Waals surface area contributed by atoms with Crippen LogP contribution in [0, 0.1) is 6.92 Å². The van der Waals surface area contributed by atoms with Gasteiger partial charge in [-0.15, -0.1) is 0 Å². The van der Waals surface area contributed by atoms with Crippen molar-refractivity contribution in [1.29, 1.82) is 0 Å². The molecule has 0 aromatic carbocycles. The van der Waals surface area contributed by atoms with Gasteiger partial charge in [-0.2, -0.15) is 5.10 Å². The molecule has 0 spiro atoms. The van der Waals surface area contributed by atoms with Gasteiger partial charge >= 0.3 is 6.09 Å². The zero-order valence-corrected chi connectivity index (χ0v) is 15.0. The summed E-state index contributed by atoms with van der Waals surface area (Å²) in [6, 6.07) is 2.07. The third kappa shape index (κ3) is 3.00. The van der Waals surface area contributed by atoms with Gasteiger partial charge in [0.2, 0.25) is 5.91 Å². The highest BCUT2D eigenvalue weighted by Crippen LogP contribution is 2.34. The summed E-state index contributed by atoms with van der Waals surface area (Å²) >= 11 is 0. The lowest BCUT2D eigenvalue weighted by molar-refractivity contribution is -0.129. The zero-order valence-electron chi connectivity index (χ0n) is 15.0. The molecular formula is C18H26N4O3. The van der Waals surface area contributed by atoms with Gasteiger partial charge in [-0.25, -0.2) is 4.79 Å². The van der Waals surface area contributed by atoms with Crippen LogP contribution in [-0.2, 0) is 23.1 Å². The van der Waals surface area contributed by atoms with Crippen LogP contribution < -0.4 is 0 Å². The molecular weight excluding hydrogens is 320 g/mol. The molecule has 2 atom stereocenters. The topological polar surface area (TPSA) is 67.7 Å². The minimum atomic E-state index is -0.231. The molecule has 1 aromatic rings. The molecule has 7 nitrogen and oxygen atoms in total. The standard InChI is InChI=1S/C18H26N4O3/c1-12-9-13(20(2)19-12)11-22-15-7-8-21(16(15)10-17(22)23)18(24)25-14-5-3-4-6-14/h9,14-16H,3-8,10-11H2,1-2H3/t15-,16-/m0/s1. The number of hydrogen-bond acceptors (Lipinski definition) is 4. The Morgan fingerprint density at radius 1 is 1.28 bits per heavy atom. The number of likely N-dealkylation sites (tertiary alicyclic amines) is 2. The third-order valence-corrected chi connectivity index (χ3v) is 5.85. The van der Waals surface area contributed by atoms with Crippen LogP contribution in [0.2, 0.25) is 0 Å². The first-order chi connectivity index (χ1) is 12.0. The zero-order chi connectivity index (χ0) is 17.6. The summed E-state index contributed by atoms with van der Waals surface area (Å²) in [6.45, 7) is 3.19. The maximum Gasteiger partial charge on any atom is 0.410 e. The van der Waals surface area contributed by atoms with Crippen LogP contribution in [0.4, 0.5) is 4.79 Å². The van der Waals surface area contributed by atoms with Crippen molar-refractivity contribution in [3.8, 4) is 0 Å². The fourth-order valence-corrected chi connectivity index (χ4v) is 4.56. The Labute approximate surface area is 147 Å². The molecule has 2 aliphatic heterocycles. The van der Waals surface area contributed by atoms with Crippen LogP contribution in [-0.4, -0.2) is 56.3 Å². The van der Waals surface area contributed by atoms with Gasteiger partial charge in [0.05, 0.1) is 30.0 Å². The Bertz CT molecular complexity index is 680. The van der Waals surface area contributed by atoms with Crippen molar-refractivity contribution in [2.75, 3.05) is 6.54 Å². The van der Waals surface area contributed by atoms with E-state index in [2.05, 4.69) is 5.10 Å². The van der Waals surface area contributed by atoms with Crippen molar-refractivity contribution in [3.05, 3.63) is 17.5 Å². The molecule has 25 heavy (non-hydrogen) atoms. The first-order valence-corrected chi connectivity index (χ1v) is 9.29. The molecule has 1 aliphatic carbocycles. The molecule has 0 N–H and O–H groups in total. The van der Waals surface area contributed by atoms with Crippen LogP contribution in [0.1, 0.15) is 49.9 Å². The average Bonchev–Trinajstić information content (AvgIpc) is 3.29. The molecule has 0 radical (unpaired) electrons. The van der Waals surface area contributed by atoms with Gasteiger partial charge in [0.1, 0.15) is 6.10 Å². The predicted molar refractivity (Wildman–Crippen MR) is 90.7 cm³/mol. The van der Waals surface area contributed by atoms with Gasteiger partial charge < -0.3 is 14.5 Å². The molecule has 4 rings (SSSR count). The van der Waals surface area contributed by atoms with E-state index in [1.54, 1.807) is 4.90 Å². The number of fused-ring (bicyclic) bond motifs is 1. The van der Waals surface area contributed by atoms with Crippen molar-refractivity contribution >= 4 is 12.0 Å². The monoisotopic (exact) mass is 346 g/mol. The van der Waals surface area contributed by atoms with Gasteiger partial charge in [-0.3, -0.25) is 9.48 Å². The molecule has 3 aliphatic rings. The quantitative estimate of drug-likeness (QED) is 0.839. The summed E-state index contributed by atoms with van der Waals surface area (Å²) in [5, 5.41) is 4.36. The van der Waals surface area contributed by atoms with E-state index in [1.807, 2.05) is 29.6 Å². The maximum absolute atomic E-state index is 12.5. The van der Waals surface area contributed by atoms with E-state index in [1.165, 1.54) is 0 Å². The molecule has 1 aromatic heterocycles. The van der Waals surface area contributed by atoms with Crippen molar-refractivity contribution in [3.63, 3.8) is 0 Å². The lowest BCUT2D eigenvalue weighted by Crippen LogP contribution is -2.41. The summed E-state index contributed by atoms with van der Waals surface area (Å²) in [5.41, 5.74) is 1.98. The normalized spacial score (nSPS) is 26.6. The lowest BCUT2D eigenvalue weighted by Gasteiger charge is -2.26. The minimum Gasteiger partial charge on any atom is -0.446 e. The van der Waals surface area contributed by atoms with Gasteiger partial charge in [-0.05, 0) is 45.1 Å². The third-order valence-electron chi connectivity index (χ3n) is 5.85. The van der Waals surface area contributed by atoms with E-state index < -0.39 is 0 Å². The van der Waals surface area contributed by atoms with Crippen molar-refractivity contribution in [1.82, 2.24) is 19.6 Å². The number of nitrogens with zero attached hydrogens (tertiary/aromatic N) is 4. The summed E-state index contributed by atoms with van der Waals surface area (Å²) in [5.74, 6) is 0.118. The number of aromatic nitrogens is 2. The molecule has 3 heterocycles. The second-order valence-electron chi connectivity index (χ2n) is 7.53. The van der Waals surface area contributed by atoms with Crippen molar-refractivity contribution in [2.45, 2.75) is 70.2 Å². The van der Waals surface area contributed by atoms with Gasteiger partial charge in [-0.1, -0.05) is 0 Å². The highest BCUT2D eigenvalue weighted by molar-refractivity contribution is 5.82. The second-order valence-corrected chi connectivity index (χ2v) is 7.53. The van der Waals surface area contributed by atoms with E-state index in [-0.39, 0.29) is 30.2 Å². The summed E-state index contributed by atoms with van der Waals surface area (Å²) in [4.78, 5) is 28.8. The average molecular weight is 346 g/mol. The smallest absolute Gasteiger partial charge is 0.410 e. The summed E-state index contributed by atoms with van der Waals surface area (Å²) in [7, 11) is 1.90. The second kappa shape index (κ2) is 6.35. The Morgan fingerprint density at radius 3 is 2.72 bits per heavy atom.